The number of carbonyl (C=O) groups is 2. The fraction of sp³-hybridized carbons (Fsp3) is 0.0526. The minimum absolute atomic E-state index is 0.0854. The van der Waals surface area contributed by atoms with Gasteiger partial charge in [0.05, 0.1) is 30.4 Å². The molecule has 0 radical (unpaired) electrons. The molecule has 0 atom stereocenters. The molecular weight excluding hydrogens is 697 g/mol. The fourth-order valence-electron chi connectivity index (χ4n) is 4.48. The Morgan fingerprint density at radius 1 is 0.692 bits per heavy atom. The quantitative estimate of drug-likeness (QED) is 0.149. The molecular formula is C38H26ClF3N6O4. The number of aryl methyl sites for hydroxylation is 1. The number of hydrogen-bond donors (Lipinski definition) is 2. The van der Waals surface area contributed by atoms with Gasteiger partial charge in [-0.25, -0.2) is 19.9 Å². The minimum atomic E-state index is -4.63. The summed E-state index contributed by atoms with van der Waals surface area (Å²) in [7, 11) is 0. The van der Waals surface area contributed by atoms with Crippen molar-refractivity contribution in [1.82, 2.24) is 19.9 Å². The maximum absolute atomic E-state index is 13.2. The second-order valence-electron chi connectivity index (χ2n) is 10.8. The van der Waals surface area contributed by atoms with Crippen LogP contribution in [0.1, 0.15) is 37.4 Å². The van der Waals surface area contributed by atoms with Gasteiger partial charge in [0, 0.05) is 45.2 Å². The van der Waals surface area contributed by atoms with Crippen molar-refractivity contribution in [3.63, 3.8) is 0 Å². The average Bonchev–Trinajstić information content (AvgIpc) is 3.12. The molecule has 0 aliphatic carbocycles. The molecule has 0 aliphatic heterocycles. The number of rotatable bonds is 8. The van der Waals surface area contributed by atoms with E-state index in [1.807, 2.05) is 25.1 Å². The number of anilines is 2. The maximum atomic E-state index is 13.2. The van der Waals surface area contributed by atoms with Crippen LogP contribution in [-0.2, 0) is 6.18 Å². The summed E-state index contributed by atoms with van der Waals surface area (Å²) in [4.78, 5) is 40.0. The Morgan fingerprint density at radius 2 is 1.21 bits per heavy atom. The van der Waals surface area contributed by atoms with Gasteiger partial charge in [0.25, 0.3) is 11.8 Å². The highest BCUT2D eigenvalue weighted by Gasteiger charge is 2.32. The summed E-state index contributed by atoms with van der Waals surface area (Å²) in [6.07, 6.45) is 9.03. The third-order valence-electron chi connectivity index (χ3n) is 6.74. The van der Waals surface area contributed by atoms with E-state index in [-0.39, 0.29) is 28.7 Å². The molecule has 2 N–H and O–H groups in total. The summed E-state index contributed by atoms with van der Waals surface area (Å²) >= 11 is 6.11. The smallest absolute Gasteiger partial charge is 0.416 e. The minimum Gasteiger partial charge on any atom is -0.454 e. The van der Waals surface area contributed by atoms with E-state index in [4.69, 9.17) is 27.5 Å². The van der Waals surface area contributed by atoms with Crippen molar-refractivity contribution in [2.24, 2.45) is 0 Å². The van der Waals surface area contributed by atoms with Crippen molar-refractivity contribution in [2.75, 3.05) is 10.6 Å². The number of amides is 2. The number of nitrogens with one attached hydrogen (secondary N) is 2. The number of hydrogen-bond acceptors (Lipinski definition) is 8. The molecule has 0 bridgehead atoms. The lowest BCUT2D eigenvalue weighted by molar-refractivity contribution is -0.137. The monoisotopic (exact) mass is 722 g/mol. The normalized spacial score (nSPS) is 10.5. The van der Waals surface area contributed by atoms with Crippen LogP contribution in [0.3, 0.4) is 0 Å². The van der Waals surface area contributed by atoms with Crippen molar-refractivity contribution in [1.29, 1.82) is 0 Å². The molecule has 4 aromatic carbocycles. The van der Waals surface area contributed by atoms with E-state index in [0.29, 0.717) is 33.3 Å². The number of carbonyl (C=O) groups excluding carboxylic acids is 2. The molecule has 0 aliphatic rings. The summed E-state index contributed by atoms with van der Waals surface area (Å²) in [6, 6.07) is 21.4. The molecule has 0 unspecified atom stereocenters. The first-order chi connectivity index (χ1) is 24.9. The molecule has 260 valence electrons. The number of terminal acetylenes is 1. The summed E-state index contributed by atoms with van der Waals surface area (Å²) in [5.41, 5.74) is 1.76. The van der Waals surface area contributed by atoms with Gasteiger partial charge in [-0.15, -0.1) is 6.42 Å². The van der Waals surface area contributed by atoms with E-state index in [9.17, 15) is 22.8 Å². The van der Waals surface area contributed by atoms with Gasteiger partial charge >= 0.3 is 6.18 Å². The second kappa shape index (κ2) is 16.8. The van der Waals surface area contributed by atoms with Gasteiger partial charge in [0.2, 0.25) is 0 Å². The van der Waals surface area contributed by atoms with Gasteiger partial charge in [-0.3, -0.25) is 9.59 Å². The molecule has 6 rings (SSSR count). The average molecular weight is 723 g/mol. The lowest BCUT2D eigenvalue weighted by Crippen LogP contribution is -2.13. The molecule has 0 saturated heterocycles. The van der Waals surface area contributed by atoms with Crippen LogP contribution in [0, 0.1) is 19.3 Å². The number of halogens is 4. The Bertz CT molecular complexity index is 2230. The molecule has 14 heteroatoms. The summed E-state index contributed by atoms with van der Waals surface area (Å²) in [5.74, 6) is 2.56. The first-order valence-corrected chi connectivity index (χ1v) is 15.5. The van der Waals surface area contributed by atoms with E-state index in [1.54, 1.807) is 48.8 Å². The molecule has 2 heterocycles. The van der Waals surface area contributed by atoms with E-state index in [1.165, 1.54) is 43.2 Å². The molecule has 10 nitrogen and oxygen atoms in total. The van der Waals surface area contributed by atoms with Gasteiger partial charge in [0.1, 0.15) is 24.2 Å². The molecule has 0 spiro atoms. The summed E-state index contributed by atoms with van der Waals surface area (Å²) < 4.78 is 50.7. The largest absolute Gasteiger partial charge is 0.454 e. The maximum Gasteiger partial charge on any atom is 0.416 e. The van der Waals surface area contributed by atoms with Crippen molar-refractivity contribution in [3.8, 4) is 35.3 Å². The van der Waals surface area contributed by atoms with Crippen molar-refractivity contribution in [3.05, 3.63) is 155 Å². The van der Waals surface area contributed by atoms with Crippen LogP contribution < -0.4 is 20.1 Å². The van der Waals surface area contributed by atoms with Crippen LogP contribution in [0.2, 0.25) is 5.02 Å². The van der Waals surface area contributed by atoms with Crippen LogP contribution in [0.5, 0.6) is 23.0 Å². The zero-order valence-electron chi connectivity index (χ0n) is 27.1. The Balaban J connectivity index is 0.000000203. The van der Waals surface area contributed by atoms with Crippen molar-refractivity contribution >= 4 is 34.8 Å². The van der Waals surface area contributed by atoms with Crippen molar-refractivity contribution < 1.29 is 32.2 Å². The zero-order chi connectivity index (χ0) is 37.1. The van der Waals surface area contributed by atoms with Gasteiger partial charge in [-0.2, -0.15) is 13.2 Å². The van der Waals surface area contributed by atoms with Crippen molar-refractivity contribution in [2.45, 2.75) is 13.1 Å². The van der Waals surface area contributed by atoms with Crippen LogP contribution in [0.4, 0.5) is 24.5 Å². The molecule has 2 amide bonds. The van der Waals surface area contributed by atoms with E-state index >= 15 is 0 Å². The Morgan fingerprint density at radius 3 is 1.75 bits per heavy atom. The van der Waals surface area contributed by atoms with Crippen LogP contribution in [0.15, 0.2) is 122 Å². The molecule has 6 aromatic rings. The third kappa shape index (κ3) is 10.6. The first-order valence-electron chi connectivity index (χ1n) is 15.1. The highest BCUT2D eigenvalue weighted by atomic mass is 35.5. The topological polar surface area (TPSA) is 128 Å². The lowest BCUT2D eigenvalue weighted by Gasteiger charge is -2.13. The fourth-order valence-corrected chi connectivity index (χ4v) is 4.70. The first kappa shape index (κ1) is 36.5. The number of ether oxygens (including phenoxy) is 2. The third-order valence-corrected chi connectivity index (χ3v) is 6.96. The lowest BCUT2D eigenvalue weighted by atomic mass is 10.1. The van der Waals surface area contributed by atoms with E-state index < -0.39 is 17.6 Å². The van der Waals surface area contributed by atoms with Gasteiger partial charge in [0.15, 0.2) is 11.5 Å². The van der Waals surface area contributed by atoms with E-state index in [2.05, 4.69) is 36.5 Å². The number of nitrogens with zero attached hydrogens (tertiary/aromatic N) is 4. The Labute approximate surface area is 300 Å². The van der Waals surface area contributed by atoms with Crippen LogP contribution >= 0.6 is 11.6 Å². The zero-order valence-corrected chi connectivity index (χ0v) is 27.8. The highest BCUT2D eigenvalue weighted by Crippen LogP contribution is 2.35. The van der Waals surface area contributed by atoms with Gasteiger partial charge < -0.3 is 20.1 Å². The Kier molecular flexibility index (Phi) is 11.8. The summed E-state index contributed by atoms with van der Waals surface area (Å²) in [5, 5.41) is 5.70. The van der Waals surface area contributed by atoms with E-state index in [0.717, 1.165) is 17.7 Å². The number of alkyl halides is 3. The standard InChI is InChI=1S/C20H12F3N3O2.C18H14ClN3O2/c1-2-13-4-3-5-14(6-13)19(27)26-16-7-15(20(21,22)23)8-17(9-16)28-18-10-24-12-25-11-18;1-12-3-2-4-13(5-12)18(23)22-15-6-14(19)7-16(8-15)24-17-9-20-11-21-10-17/h1,3-12H,(H,26,27);2-11H,1H3,(H,22,23). The second-order valence-corrected chi connectivity index (χ2v) is 11.2. The van der Waals surface area contributed by atoms with Gasteiger partial charge in [-0.05, 0) is 61.5 Å². The van der Waals surface area contributed by atoms with Crippen LogP contribution in [-0.4, -0.2) is 31.8 Å². The predicted molar refractivity (Wildman–Crippen MR) is 189 cm³/mol. The number of benzene rings is 4. The molecule has 52 heavy (non-hydrogen) atoms. The number of aromatic nitrogens is 4. The molecule has 0 saturated carbocycles. The van der Waals surface area contributed by atoms with Crippen LogP contribution in [0.25, 0.3) is 0 Å². The summed E-state index contributed by atoms with van der Waals surface area (Å²) in [6.45, 7) is 1.93. The highest BCUT2D eigenvalue weighted by molar-refractivity contribution is 6.31. The molecule has 2 aromatic heterocycles. The predicted octanol–water partition coefficient (Wildman–Crippen LogP) is 9.00. The Hall–Kier alpha value is -6.78. The van der Waals surface area contributed by atoms with Gasteiger partial charge in [-0.1, -0.05) is 41.3 Å². The molecule has 0 fully saturated rings. The SMILES string of the molecule is C#Cc1cccc(C(=O)Nc2cc(Oc3cncnc3)cc(C(F)(F)F)c2)c1.Cc1cccc(C(=O)Nc2cc(Cl)cc(Oc3cncnc3)c2)c1.